The lowest BCUT2D eigenvalue weighted by Crippen LogP contribution is -2.11. The molecule has 0 atom stereocenters. The molecule has 10 nitrogen and oxygen atoms in total. The molecule has 10 heteroatoms. The zero-order valence-corrected chi connectivity index (χ0v) is 12.5. The molecule has 0 amide bonds. The van der Waals surface area contributed by atoms with Gasteiger partial charge in [0.25, 0.3) is 0 Å². The minimum Gasteiger partial charge on any atom is -0.466 e. The zero-order chi connectivity index (χ0) is 18.5. The van der Waals surface area contributed by atoms with Gasteiger partial charge in [-0.05, 0) is 0 Å². The monoisotopic (exact) mass is 340 g/mol. The van der Waals surface area contributed by atoms with Crippen molar-refractivity contribution >= 4 is 35.8 Å². The molecule has 0 saturated carbocycles. The molecular formula is C14H12O10. The molecule has 0 N–H and O–H groups in total. The highest BCUT2D eigenvalue weighted by atomic mass is 16.6. The third kappa shape index (κ3) is 10.2. The van der Waals surface area contributed by atoms with Crippen LogP contribution in [0, 0.1) is 0 Å². The summed E-state index contributed by atoms with van der Waals surface area (Å²) in [7, 11) is 2.17. The lowest BCUT2D eigenvalue weighted by atomic mass is 10.4. The predicted molar refractivity (Wildman–Crippen MR) is 73.7 cm³/mol. The fourth-order valence-electron chi connectivity index (χ4n) is 0.879. The summed E-state index contributed by atoms with van der Waals surface area (Å²) in [6.45, 7) is 0. The highest BCUT2D eigenvalue weighted by molar-refractivity contribution is 6.03. The van der Waals surface area contributed by atoms with Crippen LogP contribution in [0.25, 0.3) is 0 Å². The fraction of sp³-hybridized carbons (Fsp3) is 0.143. The number of carbonyl (C=O) groups excluding carboxylic acids is 6. The number of rotatable bonds is 6. The first-order valence-corrected chi connectivity index (χ1v) is 6.00. The molecule has 0 aromatic rings. The first-order chi connectivity index (χ1) is 11.3. The van der Waals surface area contributed by atoms with Gasteiger partial charge in [0.15, 0.2) is 0 Å². The van der Waals surface area contributed by atoms with E-state index < -0.39 is 35.8 Å². The highest BCUT2D eigenvalue weighted by Gasteiger charge is 2.08. The molecule has 0 aliphatic rings. The summed E-state index contributed by atoms with van der Waals surface area (Å²) in [6, 6.07) is 0. The quantitative estimate of drug-likeness (QED) is 0.260. The first kappa shape index (κ1) is 20.4. The van der Waals surface area contributed by atoms with Crippen LogP contribution >= 0.6 is 0 Å². The second-order valence-corrected chi connectivity index (χ2v) is 3.53. The second kappa shape index (κ2) is 11.1. The fourth-order valence-corrected chi connectivity index (χ4v) is 0.879. The van der Waals surface area contributed by atoms with Crippen LogP contribution in [0.1, 0.15) is 0 Å². The predicted octanol–water partition coefficient (Wildman–Crippen LogP) is -0.859. The SMILES string of the molecule is COC(=O)/C=C/C(=O)OC(=O)/C=C/C(=O)OC(=O)/C=C/C(=O)OC. The topological polar surface area (TPSA) is 139 Å². The Hall–Kier alpha value is -3.56. The van der Waals surface area contributed by atoms with Crippen LogP contribution in [0.2, 0.25) is 0 Å². The molecule has 0 saturated heterocycles. The zero-order valence-electron chi connectivity index (χ0n) is 12.5. The van der Waals surface area contributed by atoms with Gasteiger partial charge in [-0.15, -0.1) is 0 Å². The maximum Gasteiger partial charge on any atom is 0.338 e. The van der Waals surface area contributed by atoms with E-state index in [9.17, 15) is 28.8 Å². The Kier molecular flexibility index (Phi) is 9.43. The maximum absolute atomic E-state index is 11.2. The number of hydrogen-bond acceptors (Lipinski definition) is 10. The van der Waals surface area contributed by atoms with Gasteiger partial charge in [-0.25, -0.2) is 28.8 Å². The van der Waals surface area contributed by atoms with E-state index >= 15 is 0 Å². The molecule has 0 aliphatic carbocycles. The number of carbonyl (C=O) groups is 6. The van der Waals surface area contributed by atoms with Crippen molar-refractivity contribution in [3.05, 3.63) is 36.5 Å². The largest absolute Gasteiger partial charge is 0.466 e. The number of ether oxygens (including phenoxy) is 4. The highest BCUT2D eigenvalue weighted by Crippen LogP contribution is 1.91. The average Bonchev–Trinajstić information content (AvgIpc) is 2.55. The van der Waals surface area contributed by atoms with E-state index in [1.807, 2.05) is 0 Å². The molecule has 24 heavy (non-hydrogen) atoms. The Morgan fingerprint density at radius 3 is 0.875 bits per heavy atom. The minimum atomic E-state index is -1.25. The Morgan fingerprint density at radius 2 is 0.667 bits per heavy atom. The first-order valence-electron chi connectivity index (χ1n) is 6.00. The third-order valence-electron chi connectivity index (χ3n) is 1.87. The summed E-state index contributed by atoms with van der Waals surface area (Å²) in [4.78, 5) is 65.9. The minimum absolute atomic E-state index is 0.517. The Labute approximate surface area is 135 Å². The molecule has 0 spiro atoms. The lowest BCUT2D eigenvalue weighted by molar-refractivity contribution is -0.155. The van der Waals surface area contributed by atoms with Gasteiger partial charge in [-0.1, -0.05) is 0 Å². The van der Waals surface area contributed by atoms with Gasteiger partial charge < -0.3 is 18.9 Å². The van der Waals surface area contributed by atoms with Crippen LogP contribution in [0.5, 0.6) is 0 Å². The van der Waals surface area contributed by atoms with E-state index in [0.717, 1.165) is 26.4 Å². The van der Waals surface area contributed by atoms with Crippen molar-refractivity contribution in [1.29, 1.82) is 0 Å². The van der Waals surface area contributed by atoms with Gasteiger partial charge in [-0.2, -0.15) is 0 Å². The van der Waals surface area contributed by atoms with Gasteiger partial charge >= 0.3 is 35.8 Å². The van der Waals surface area contributed by atoms with Crippen molar-refractivity contribution in [1.82, 2.24) is 0 Å². The molecule has 0 aromatic heterocycles. The van der Waals surface area contributed by atoms with Crippen molar-refractivity contribution in [2.24, 2.45) is 0 Å². The van der Waals surface area contributed by atoms with Crippen LogP contribution in [-0.2, 0) is 47.7 Å². The lowest BCUT2D eigenvalue weighted by Gasteiger charge is -1.96. The number of methoxy groups -OCH3 is 2. The van der Waals surface area contributed by atoms with Gasteiger partial charge in [-0.3, -0.25) is 0 Å². The van der Waals surface area contributed by atoms with Crippen molar-refractivity contribution in [2.75, 3.05) is 14.2 Å². The van der Waals surface area contributed by atoms with Crippen LogP contribution in [0.3, 0.4) is 0 Å². The van der Waals surface area contributed by atoms with Gasteiger partial charge in [0, 0.05) is 36.5 Å². The molecule has 0 fully saturated rings. The third-order valence-corrected chi connectivity index (χ3v) is 1.87. The van der Waals surface area contributed by atoms with E-state index in [1.54, 1.807) is 0 Å². The molecule has 0 bridgehead atoms. The van der Waals surface area contributed by atoms with E-state index in [0.29, 0.717) is 24.3 Å². The Bertz CT molecular complexity index is 569. The summed E-state index contributed by atoms with van der Waals surface area (Å²) in [5.41, 5.74) is 0. The van der Waals surface area contributed by atoms with Crippen molar-refractivity contribution in [2.45, 2.75) is 0 Å². The van der Waals surface area contributed by atoms with Gasteiger partial charge in [0.1, 0.15) is 0 Å². The average molecular weight is 340 g/mol. The van der Waals surface area contributed by atoms with E-state index in [1.165, 1.54) is 0 Å². The normalized spacial score (nSPS) is 10.6. The van der Waals surface area contributed by atoms with Crippen LogP contribution < -0.4 is 0 Å². The van der Waals surface area contributed by atoms with Crippen LogP contribution in [0.15, 0.2) is 36.5 Å². The second-order valence-electron chi connectivity index (χ2n) is 3.53. The molecule has 0 unspecified atom stereocenters. The van der Waals surface area contributed by atoms with Gasteiger partial charge in [0.05, 0.1) is 14.2 Å². The molecule has 0 heterocycles. The standard InChI is InChI=1S/C14H12O10/c1-21-9(15)3-5-11(17)23-13(19)7-8-14(20)24-12(18)6-4-10(16)22-2/h3-8H,1-2H3/b5-3+,6-4+,8-7+. The summed E-state index contributed by atoms with van der Waals surface area (Å²) in [5, 5.41) is 0. The number of esters is 6. The number of hydrogen-bond donors (Lipinski definition) is 0. The molecule has 0 rings (SSSR count). The van der Waals surface area contributed by atoms with Crippen molar-refractivity contribution in [3.8, 4) is 0 Å². The van der Waals surface area contributed by atoms with E-state index in [2.05, 4.69) is 18.9 Å². The molecular weight excluding hydrogens is 328 g/mol. The summed E-state index contributed by atoms with van der Waals surface area (Å²) < 4.78 is 16.7. The Morgan fingerprint density at radius 1 is 0.458 bits per heavy atom. The van der Waals surface area contributed by atoms with E-state index in [-0.39, 0.29) is 0 Å². The summed E-state index contributed by atoms with van der Waals surface area (Å²) in [5.74, 6) is -6.52. The molecule has 0 aromatic carbocycles. The summed E-state index contributed by atoms with van der Waals surface area (Å²) in [6.07, 6.45) is 3.75. The van der Waals surface area contributed by atoms with Gasteiger partial charge in [0.2, 0.25) is 0 Å². The maximum atomic E-state index is 11.2. The molecule has 128 valence electrons. The molecule has 0 aliphatic heterocycles. The Balaban J connectivity index is 4.37. The summed E-state index contributed by atoms with van der Waals surface area (Å²) >= 11 is 0. The van der Waals surface area contributed by atoms with Crippen molar-refractivity contribution in [3.63, 3.8) is 0 Å². The van der Waals surface area contributed by atoms with Crippen molar-refractivity contribution < 1.29 is 47.7 Å². The smallest absolute Gasteiger partial charge is 0.338 e. The van der Waals surface area contributed by atoms with E-state index in [4.69, 9.17) is 0 Å². The van der Waals surface area contributed by atoms with Crippen LogP contribution in [-0.4, -0.2) is 50.0 Å². The van der Waals surface area contributed by atoms with Crippen LogP contribution in [0.4, 0.5) is 0 Å². The molecule has 0 radical (unpaired) electrons.